The lowest BCUT2D eigenvalue weighted by Gasteiger charge is -1.92. The van der Waals surface area contributed by atoms with Crippen molar-refractivity contribution in [3.8, 4) is 11.4 Å². The van der Waals surface area contributed by atoms with Crippen LogP contribution in [0.25, 0.3) is 11.4 Å². The molecule has 76 valence electrons. The number of hydrogen-bond donors (Lipinski definition) is 1. The second-order valence-corrected chi connectivity index (χ2v) is 2.79. The number of halogens is 1. The van der Waals surface area contributed by atoms with Gasteiger partial charge >= 0.3 is 11.8 Å². The van der Waals surface area contributed by atoms with Gasteiger partial charge in [0.25, 0.3) is 0 Å². The Morgan fingerprint density at radius 1 is 1.33 bits per heavy atom. The minimum absolute atomic E-state index is 0.198. The number of nitrogens with zero attached hydrogens (tertiary/aromatic N) is 2. The van der Waals surface area contributed by atoms with E-state index in [2.05, 4.69) is 14.7 Å². The van der Waals surface area contributed by atoms with Crippen LogP contribution in [0.2, 0.25) is 0 Å². The second-order valence-electron chi connectivity index (χ2n) is 2.79. The fourth-order valence-electron chi connectivity index (χ4n) is 1.04. The molecule has 5 nitrogen and oxygen atoms in total. The Labute approximate surface area is 83.7 Å². The summed E-state index contributed by atoms with van der Waals surface area (Å²) in [5, 5.41) is 3.53. The first kappa shape index (κ1) is 9.32. The lowest BCUT2D eigenvalue weighted by atomic mass is 10.2. The van der Waals surface area contributed by atoms with Gasteiger partial charge in [0.05, 0.1) is 0 Å². The third kappa shape index (κ3) is 1.83. The molecule has 15 heavy (non-hydrogen) atoms. The van der Waals surface area contributed by atoms with Gasteiger partial charge in [-0.3, -0.25) is 4.79 Å². The number of carbonyl (C=O) groups is 1. The van der Waals surface area contributed by atoms with Crippen molar-refractivity contribution in [2.24, 2.45) is 5.73 Å². The molecule has 0 saturated carbocycles. The Balaban J connectivity index is 2.37. The lowest BCUT2D eigenvalue weighted by Crippen LogP contribution is -2.10. The van der Waals surface area contributed by atoms with Gasteiger partial charge in [-0.15, -0.1) is 0 Å². The van der Waals surface area contributed by atoms with E-state index in [1.165, 1.54) is 24.3 Å². The average Bonchev–Trinajstić information content (AvgIpc) is 2.68. The number of primary amides is 1. The van der Waals surface area contributed by atoms with E-state index in [1.807, 2.05) is 0 Å². The highest BCUT2D eigenvalue weighted by molar-refractivity contribution is 5.88. The van der Waals surface area contributed by atoms with Crippen molar-refractivity contribution in [2.75, 3.05) is 0 Å². The Morgan fingerprint density at radius 2 is 2.00 bits per heavy atom. The molecule has 0 atom stereocenters. The molecule has 0 aliphatic carbocycles. The molecule has 6 heteroatoms. The maximum atomic E-state index is 12.6. The van der Waals surface area contributed by atoms with Crippen LogP contribution >= 0.6 is 0 Å². The molecule has 2 N–H and O–H groups in total. The summed E-state index contributed by atoms with van der Waals surface area (Å²) in [4.78, 5) is 14.4. The molecule has 0 fully saturated rings. The van der Waals surface area contributed by atoms with Gasteiger partial charge in [0.1, 0.15) is 5.82 Å². The summed E-state index contributed by atoms with van der Waals surface area (Å²) in [5.41, 5.74) is 5.48. The van der Waals surface area contributed by atoms with Crippen molar-refractivity contribution < 1.29 is 13.7 Å². The summed E-state index contributed by atoms with van der Waals surface area (Å²) in [7, 11) is 0. The van der Waals surface area contributed by atoms with Crippen molar-refractivity contribution in [1.82, 2.24) is 10.1 Å². The van der Waals surface area contributed by atoms with E-state index in [0.717, 1.165) is 0 Å². The molecule has 1 aromatic carbocycles. The molecule has 0 unspecified atom stereocenters. The Kier molecular flexibility index (Phi) is 2.17. The number of aromatic nitrogens is 2. The molecular formula is C9H6FN3O2. The van der Waals surface area contributed by atoms with Crippen LogP contribution in [0.4, 0.5) is 4.39 Å². The minimum Gasteiger partial charge on any atom is -0.361 e. The fraction of sp³-hybridized carbons (Fsp3) is 0. The third-order valence-electron chi connectivity index (χ3n) is 1.74. The summed E-state index contributed by atoms with van der Waals surface area (Å²) >= 11 is 0. The van der Waals surface area contributed by atoms with Crippen LogP contribution in [0.1, 0.15) is 10.7 Å². The van der Waals surface area contributed by atoms with E-state index in [9.17, 15) is 9.18 Å². The molecule has 0 spiro atoms. The van der Waals surface area contributed by atoms with Crippen molar-refractivity contribution in [3.63, 3.8) is 0 Å². The molecule has 2 aromatic rings. The largest absolute Gasteiger partial charge is 0.361 e. The first-order chi connectivity index (χ1) is 7.16. The van der Waals surface area contributed by atoms with E-state index in [1.54, 1.807) is 0 Å². The highest BCUT2D eigenvalue weighted by atomic mass is 19.1. The second kappa shape index (κ2) is 3.49. The van der Waals surface area contributed by atoms with Crippen molar-refractivity contribution >= 4 is 5.91 Å². The number of rotatable bonds is 2. The SMILES string of the molecule is NC(=O)c1nc(-c2ccc(F)cc2)no1. The molecule has 1 amide bonds. The van der Waals surface area contributed by atoms with E-state index in [0.29, 0.717) is 5.56 Å². The van der Waals surface area contributed by atoms with Gasteiger partial charge in [-0.2, -0.15) is 4.98 Å². The molecule has 0 aliphatic rings. The molecule has 0 saturated heterocycles. The first-order valence-corrected chi connectivity index (χ1v) is 4.06. The summed E-state index contributed by atoms with van der Waals surface area (Å²) < 4.78 is 17.2. The van der Waals surface area contributed by atoms with E-state index in [-0.39, 0.29) is 17.5 Å². The zero-order chi connectivity index (χ0) is 10.8. The smallest absolute Gasteiger partial charge is 0.316 e. The van der Waals surface area contributed by atoms with Crippen LogP contribution < -0.4 is 5.73 Å². The summed E-state index contributed by atoms with van der Waals surface area (Å²) in [6.45, 7) is 0. The van der Waals surface area contributed by atoms with E-state index in [4.69, 9.17) is 5.73 Å². The number of hydrogen-bond acceptors (Lipinski definition) is 4. The predicted octanol–water partition coefficient (Wildman–Crippen LogP) is 0.975. The summed E-state index contributed by atoms with van der Waals surface area (Å²) in [5.74, 6) is -1.23. The van der Waals surface area contributed by atoms with Gasteiger partial charge in [0, 0.05) is 5.56 Å². The standard InChI is InChI=1S/C9H6FN3O2/c10-6-3-1-5(2-4-6)8-12-9(7(11)14)15-13-8/h1-4H,(H2,11,14). The summed E-state index contributed by atoms with van der Waals surface area (Å²) in [6.07, 6.45) is 0. The zero-order valence-corrected chi connectivity index (χ0v) is 7.48. The third-order valence-corrected chi connectivity index (χ3v) is 1.74. The zero-order valence-electron chi connectivity index (χ0n) is 7.48. The van der Waals surface area contributed by atoms with Crippen molar-refractivity contribution in [3.05, 3.63) is 36.0 Å². The molecule has 1 aromatic heterocycles. The van der Waals surface area contributed by atoms with Gasteiger partial charge in [0.15, 0.2) is 0 Å². The van der Waals surface area contributed by atoms with E-state index >= 15 is 0 Å². The number of nitrogens with two attached hydrogens (primary N) is 1. The highest BCUT2D eigenvalue weighted by Crippen LogP contribution is 2.15. The predicted molar refractivity (Wildman–Crippen MR) is 48.2 cm³/mol. The van der Waals surface area contributed by atoms with Gasteiger partial charge in [-0.1, -0.05) is 5.16 Å². The molecule has 0 radical (unpaired) electrons. The minimum atomic E-state index is -0.795. The Bertz CT molecular complexity index is 492. The molecule has 1 heterocycles. The average molecular weight is 207 g/mol. The van der Waals surface area contributed by atoms with Gasteiger partial charge < -0.3 is 10.3 Å². The molecule has 0 bridgehead atoms. The van der Waals surface area contributed by atoms with Crippen molar-refractivity contribution in [2.45, 2.75) is 0 Å². The van der Waals surface area contributed by atoms with Gasteiger partial charge in [-0.05, 0) is 24.3 Å². The van der Waals surface area contributed by atoms with Crippen molar-refractivity contribution in [1.29, 1.82) is 0 Å². The quantitative estimate of drug-likeness (QED) is 0.795. The number of benzene rings is 1. The Hall–Kier alpha value is -2.24. The van der Waals surface area contributed by atoms with Gasteiger partial charge in [-0.25, -0.2) is 4.39 Å². The topological polar surface area (TPSA) is 82.0 Å². The van der Waals surface area contributed by atoms with Crippen LogP contribution in [0.5, 0.6) is 0 Å². The normalized spacial score (nSPS) is 10.2. The lowest BCUT2D eigenvalue weighted by molar-refractivity contribution is 0.0958. The van der Waals surface area contributed by atoms with Crippen LogP contribution in [-0.2, 0) is 0 Å². The fourth-order valence-corrected chi connectivity index (χ4v) is 1.04. The maximum absolute atomic E-state index is 12.6. The van der Waals surface area contributed by atoms with Crippen LogP contribution in [0, 0.1) is 5.82 Å². The first-order valence-electron chi connectivity index (χ1n) is 4.06. The van der Waals surface area contributed by atoms with Crippen LogP contribution in [0.3, 0.4) is 0 Å². The molecular weight excluding hydrogens is 201 g/mol. The van der Waals surface area contributed by atoms with Crippen LogP contribution in [0.15, 0.2) is 28.8 Å². The summed E-state index contributed by atoms with van der Waals surface area (Å²) in [6, 6.07) is 5.47. The molecule has 2 rings (SSSR count). The van der Waals surface area contributed by atoms with Gasteiger partial charge in [0.2, 0.25) is 5.82 Å². The molecule has 0 aliphatic heterocycles. The monoisotopic (exact) mass is 207 g/mol. The number of amides is 1. The van der Waals surface area contributed by atoms with E-state index < -0.39 is 5.91 Å². The highest BCUT2D eigenvalue weighted by Gasteiger charge is 2.12. The Morgan fingerprint density at radius 3 is 2.53 bits per heavy atom. The van der Waals surface area contributed by atoms with Crippen LogP contribution in [-0.4, -0.2) is 16.0 Å². The number of carbonyl (C=O) groups excluding carboxylic acids is 1. The maximum Gasteiger partial charge on any atom is 0.316 e.